The van der Waals surface area contributed by atoms with E-state index in [1.807, 2.05) is 41.0 Å². The normalized spacial score (nSPS) is 15.7. The number of hydrogen-bond donors (Lipinski definition) is 2. The van der Waals surface area contributed by atoms with Gasteiger partial charge in [-0.1, -0.05) is 83.3 Å². The molecular weight excluding hydrogens is 877 g/mol. The van der Waals surface area contributed by atoms with E-state index in [1.165, 1.54) is 25.7 Å². The molecule has 10 rings (SSSR count). The lowest BCUT2D eigenvalue weighted by Crippen LogP contribution is -2.30. The molecule has 0 saturated carbocycles. The molecule has 2 N–H and O–H groups in total. The Kier molecular flexibility index (Phi) is 15.2. The van der Waals surface area contributed by atoms with E-state index in [0.29, 0.717) is 45.6 Å². The summed E-state index contributed by atoms with van der Waals surface area (Å²) < 4.78 is 3.53. The van der Waals surface area contributed by atoms with Gasteiger partial charge in [-0.2, -0.15) is 10.2 Å². The van der Waals surface area contributed by atoms with Crippen molar-refractivity contribution in [2.24, 2.45) is 0 Å². The van der Waals surface area contributed by atoms with Gasteiger partial charge in [-0.15, -0.1) is 12.4 Å². The summed E-state index contributed by atoms with van der Waals surface area (Å²) in [5, 5.41) is 27.8. The van der Waals surface area contributed by atoms with Crippen LogP contribution in [-0.4, -0.2) is 81.5 Å². The van der Waals surface area contributed by atoms with Crippen molar-refractivity contribution in [3.8, 4) is 11.3 Å². The van der Waals surface area contributed by atoms with Crippen LogP contribution in [0, 0.1) is 0 Å². The van der Waals surface area contributed by atoms with Crippen LogP contribution in [0.25, 0.3) is 22.6 Å². The summed E-state index contributed by atoms with van der Waals surface area (Å²) in [6.07, 6.45) is 13.5. The highest BCUT2D eigenvalue weighted by Gasteiger charge is 2.23. The number of imidazole rings is 2. The molecule has 2 aliphatic heterocycles. The van der Waals surface area contributed by atoms with E-state index < -0.39 is 7.12 Å². The zero-order chi connectivity index (χ0) is 43.2. The summed E-state index contributed by atoms with van der Waals surface area (Å²) in [5.41, 5.74) is 7.94. The minimum atomic E-state index is -1.48. The third-order valence-corrected chi connectivity index (χ3v) is 12.1. The Bertz CT molecular complexity index is 2790. The number of anilines is 2. The van der Waals surface area contributed by atoms with Gasteiger partial charge >= 0.3 is 7.12 Å². The van der Waals surface area contributed by atoms with Crippen LogP contribution in [0.15, 0.2) is 122 Å². The highest BCUT2D eigenvalue weighted by molar-refractivity contribution is 6.62. The first-order valence-electron chi connectivity index (χ1n) is 20.7. The van der Waals surface area contributed by atoms with Crippen molar-refractivity contribution in [1.29, 1.82) is 0 Å². The highest BCUT2D eigenvalue weighted by atomic mass is 35.5. The Morgan fingerprint density at radius 2 is 1.16 bits per heavy atom. The van der Waals surface area contributed by atoms with Crippen LogP contribution < -0.4 is 15.3 Å². The van der Waals surface area contributed by atoms with Gasteiger partial charge in [0.25, 0.3) is 0 Å². The molecule has 8 heterocycles. The first kappa shape index (κ1) is 45.7. The summed E-state index contributed by atoms with van der Waals surface area (Å²) in [5.74, 6) is 2.12. The Morgan fingerprint density at radius 3 is 1.67 bits per heavy atom. The summed E-state index contributed by atoms with van der Waals surface area (Å²) in [6.45, 7) is 6.70. The first-order chi connectivity index (χ1) is 30.1. The highest BCUT2D eigenvalue weighted by Crippen LogP contribution is 2.29. The molecule has 0 bridgehead atoms. The Labute approximate surface area is 388 Å². The van der Waals surface area contributed by atoms with E-state index in [-0.39, 0.29) is 12.4 Å². The quantitative estimate of drug-likeness (QED) is 0.143. The van der Waals surface area contributed by atoms with Gasteiger partial charge in [0, 0.05) is 101 Å². The lowest BCUT2D eigenvalue weighted by Gasteiger charge is -2.23. The lowest BCUT2D eigenvalue weighted by molar-refractivity contribution is 0.426. The summed E-state index contributed by atoms with van der Waals surface area (Å²) in [6, 6.07) is 32.0. The van der Waals surface area contributed by atoms with E-state index >= 15 is 0 Å². The third-order valence-electron chi connectivity index (χ3n) is 11.2. The van der Waals surface area contributed by atoms with Crippen molar-refractivity contribution in [3.05, 3.63) is 160 Å². The average molecular weight is 925 g/mol. The molecule has 2 fully saturated rings. The molecule has 17 heteroatoms. The predicted octanol–water partition coefficient (Wildman–Crippen LogP) is 8.82. The van der Waals surface area contributed by atoms with Crippen molar-refractivity contribution >= 4 is 82.7 Å². The molecule has 0 spiro atoms. The van der Waals surface area contributed by atoms with Crippen molar-refractivity contribution in [1.82, 2.24) is 39.2 Å². The fourth-order valence-corrected chi connectivity index (χ4v) is 8.74. The Hall–Kier alpha value is -5.28. The summed E-state index contributed by atoms with van der Waals surface area (Å²) in [7, 11) is -1.48. The van der Waals surface area contributed by atoms with E-state index in [1.54, 1.807) is 47.4 Å². The Morgan fingerprint density at radius 1 is 0.635 bits per heavy atom. The van der Waals surface area contributed by atoms with Crippen molar-refractivity contribution < 1.29 is 10.0 Å². The summed E-state index contributed by atoms with van der Waals surface area (Å²) >= 11 is 18.1. The van der Waals surface area contributed by atoms with Gasteiger partial charge in [-0.3, -0.25) is 0 Å². The number of halogens is 4. The number of aromatic nitrogens is 8. The van der Waals surface area contributed by atoms with Gasteiger partial charge in [-0.05, 0) is 88.1 Å². The summed E-state index contributed by atoms with van der Waals surface area (Å²) in [4.78, 5) is 23.5. The zero-order valence-corrected chi connectivity index (χ0v) is 37.9. The molecule has 8 aromatic rings. The second-order valence-corrected chi connectivity index (χ2v) is 16.7. The molecule has 2 aromatic carbocycles. The second kappa shape index (κ2) is 20.9. The van der Waals surface area contributed by atoms with Gasteiger partial charge in [0.1, 0.15) is 16.8 Å². The number of fused-ring (bicyclic) bond motifs is 2. The minimum absolute atomic E-state index is 0. The van der Waals surface area contributed by atoms with Gasteiger partial charge in [-0.25, -0.2) is 29.0 Å². The number of benzene rings is 2. The minimum Gasteiger partial charge on any atom is -0.423 e. The van der Waals surface area contributed by atoms with Crippen LogP contribution in [0.2, 0.25) is 15.2 Å². The van der Waals surface area contributed by atoms with E-state index in [2.05, 4.69) is 81.2 Å². The van der Waals surface area contributed by atoms with Crippen molar-refractivity contribution in [3.63, 3.8) is 0 Å². The fraction of sp³-hybridized carbons (Fsp3) is 0.261. The fourth-order valence-electron chi connectivity index (χ4n) is 8.06. The number of nitrogens with zero attached hydrogens (tertiary/aromatic N) is 10. The largest absolute Gasteiger partial charge is 0.489 e. The van der Waals surface area contributed by atoms with Crippen LogP contribution in [0.3, 0.4) is 0 Å². The maximum absolute atomic E-state index is 8.68. The van der Waals surface area contributed by atoms with Gasteiger partial charge < -0.3 is 19.8 Å². The Balaban J connectivity index is 0.000000156. The van der Waals surface area contributed by atoms with Crippen molar-refractivity contribution in [2.45, 2.75) is 64.5 Å². The van der Waals surface area contributed by atoms with Crippen molar-refractivity contribution in [2.75, 3.05) is 22.9 Å². The van der Waals surface area contributed by atoms with Crippen LogP contribution in [0.1, 0.15) is 62.0 Å². The molecule has 0 amide bonds. The van der Waals surface area contributed by atoms with Gasteiger partial charge in [0.15, 0.2) is 11.3 Å². The third kappa shape index (κ3) is 10.9. The van der Waals surface area contributed by atoms with Crippen LogP contribution in [0.4, 0.5) is 11.6 Å². The van der Waals surface area contributed by atoms with E-state index in [0.717, 1.165) is 69.8 Å². The number of rotatable bonds is 8. The van der Waals surface area contributed by atoms with E-state index in [9.17, 15) is 0 Å². The number of hydrogen-bond acceptors (Lipinski definition) is 10. The number of pyridine rings is 2. The maximum Gasteiger partial charge on any atom is 0.489 e. The smallest absolute Gasteiger partial charge is 0.423 e. The molecular formula is C46H47BCl4N10O2. The topological polar surface area (TPSA) is 133 Å². The SMILES string of the molecule is CC1CCCN1c1cccc(Cc2cc(-c3ccccc3Cl)nn3ccnc23)n1.CC1CCCN1c1cccc(Cc2cc(Cl)nn3ccnc23)n1.Cl.OB(O)c1ccccc1Cl. The van der Waals surface area contributed by atoms with Crippen LogP contribution in [0.5, 0.6) is 0 Å². The molecule has 2 aliphatic rings. The first-order valence-corrected chi connectivity index (χ1v) is 21.9. The molecule has 2 saturated heterocycles. The standard InChI is InChI=1S/C23H22ClN5.C17H18ClN5.C6H6BClO2.ClH/c1-16-6-5-12-28(16)22-10-4-7-18(26-22)14-17-15-21(19-8-2-3-9-20(19)24)27-29-13-11-25-23(17)29;1-12-4-3-8-22(12)16-6-2-5-14(20-16)10-13-11-15(18)21-23-9-7-19-17(13)23;8-6-4-2-1-3-5(6)7(9)10;/h2-4,7-11,13,15-16H,5-6,12,14H2,1H3;2,5-7,9,11-12H,3-4,8,10H2,1H3;1-4,9-10H;1H. The molecule has 0 radical (unpaired) electrons. The van der Waals surface area contributed by atoms with Gasteiger partial charge in [0.05, 0.1) is 10.7 Å². The molecule has 0 aliphatic carbocycles. The second-order valence-electron chi connectivity index (χ2n) is 15.5. The van der Waals surface area contributed by atoms with E-state index in [4.69, 9.17) is 59.9 Å². The van der Waals surface area contributed by atoms with Crippen LogP contribution >= 0.6 is 47.2 Å². The molecule has 2 atom stereocenters. The molecule has 2 unspecified atom stereocenters. The molecule has 63 heavy (non-hydrogen) atoms. The zero-order valence-electron chi connectivity index (χ0n) is 34.8. The molecule has 6 aromatic heterocycles. The maximum atomic E-state index is 8.68. The van der Waals surface area contributed by atoms with Gasteiger partial charge in [0.2, 0.25) is 0 Å². The molecule has 12 nitrogen and oxygen atoms in total. The lowest BCUT2D eigenvalue weighted by atomic mass is 9.80. The molecule has 324 valence electrons. The monoisotopic (exact) mass is 922 g/mol. The average Bonchev–Trinajstić information content (AvgIpc) is 4.11. The van der Waals surface area contributed by atoms with Crippen LogP contribution in [-0.2, 0) is 12.8 Å². The predicted molar refractivity (Wildman–Crippen MR) is 256 cm³/mol.